The van der Waals surface area contributed by atoms with Crippen LogP contribution in [0.3, 0.4) is 0 Å². The molecule has 2 heterocycles. The van der Waals surface area contributed by atoms with Crippen molar-refractivity contribution in [1.29, 1.82) is 0 Å². The molecule has 0 bridgehead atoms. The van der Waals surface area contributed by atoms with E-state index in [4.69, 9.17) is 9.47 Å². The Bertz CT molecular complexity index is 1060. The number of fused-ring (bicyclic) bond motifs is 1. The van der Waals surface area contributed by atoms with Gasteiger partial charge in [0.2, 0.25) is 6.79 Å². The lowest BCUT2D eigenvalue weighted by atomic mass is 10.2. The van der Waals surface area contributed by atoms with Crippen LogP contribution in [0.4, 0.5) is 10.2 Å². The molecule has 0 fully saturated rings. The Balaban J connectivity index is 1.49. The van der Waals surface area contributed by atoms with Crippen molar-refractivity contribution in [1.82, 2.24) is 9.55 Å². The average Bonchev–Trinajstić information content (AvgIpc) is 3.12. The fourth-order valence-electron chi connectivity index (χ4n) is 2.79. The first kappa shape index (κ1) is 16.9. The molecule has 4 rings (SSSR count). The number of anilines is 1. The Labute approximate surface area is 153 Å². The largest absolute Gasteiger partial charge is 0.454 e. The zero-order chi connectivity index (χ0) is 18.8. The van der Waals surface area contributed by atoms with Crippen LogP contribution >= 0.6 is 0 Å². The summed E-state index contributed by atoms with van der Waals surface area (Å²) in [5, 5.41) is 3.02. The molecule has 0 saturated heterocycles. The third-order valence-corrected chi connectivity index (χ3v) is 4.19. The lowest BCUT2D eigenvalue weighted by Gasteiger charge is -2.09. The van der Waals surface area contributed by atoms with Crippen molar-refractivity contribution in [3.63, 3.8) is 0 Å². The second kappa shape index (κ2) is 6.99. The molecule has 3 aromatic rings. The first-order valence-corrected chi connectivity index (χ1v) is 8.29. The number of benzene rings is 2. The number of H-pyrrole nitrogens is 1. The molecule has 2 aromatic carbocycles. The van der Waals surface area contributed by atoms with Gasteiger partial charge in [0.15, 0.2) is 11.5 Å². The van der Waals surface area contributed by atoms with E-state index >= 15 is 0 Å². The topological polar surface area (TPSA) is 85.3 Å². The van der Waals surface area contributed by atoms with Crippen LogP contribution in [0.1, 0.15) is 11.1 Å². The van der Waals surface area contributed by atoms with Gasteiger partial charge in [-0.05, 0) is 35.4 Å². The van der Waals surface area contributed by atoms with E-state index in [1.54, 1.807) is 0 Å². The molecule has 0 amide bonds. The molecule has 8 heteroatoms. The molecule has 0 unspecified atom stereocenters. The summed E-state index contributed by atoms with van der Waals surface area (Å²) in [6, 6.07) is 12.5. The van der Waals surface area contributed by atoms with Crippen molar-refractivity contribution < 1.29 is 13.9 Å². The molecular weight excluding hydrogens is 353 g/mol. The van der Waals surface area contributed by atoms with E-state index in [1.165, 1.54) is 30.3 Å². The number of aromatic amines is 1. The van der Waals surface area contributed by atoms with Gasteiger partial charge in [-0.1, -0.05) is 18.2 Å². The van der Waals surface area contributed by atoms with Gasteiger partial charge in [0.25, 0.3) is 5.56 Å². The second-order valence-corrected chi connectivity index (χ2v) is 6.08. The zero-order valence-corrected chi connectivity index (χ0v) is 14.2. The third-order valence-electron chi connectivity index (χ3n) is 4.19. The van der Waals surface area contributed by atoms with E-state index in [0.717, 1.165) is 10.1 Å². The number of ether oxygens (including phenoxy) is 2. The number of hydrogen-bond donors (Lipinski definition) is 2. The van der Waals surface area contributed by atoms with Crippen molar-refractivity contribution in [2.24, 2.45) is 0 Å². The molecule has 1 aliphatic heterocycles. The highest BCUT2D eigenvalue weighted by atomic mass is 19.1. The van der Waals surface area contributed by atoms with Crippen LogP contribution in [0.15, 0.2) is 58.1 Å². The summed E-state index contributed by atoms with van der Waals surface area (Å²) >= 11 is 0. The van der Waals surface area contributed by atoms with Crippen molar-refractivity contribution in [2.45, 2.75) is 13.1 Å². The predicted octanol–water partition coefficient (Wildman–Crippen LogP) is 2.06. The smallest absolute Gasteiger partial charge is 0.330 e. The Kier molecular flexibility index (Phi) is 4.37. The SMILES string of the molecule is O=c1cc(NCc2ccc3c(c2)OCO3)[nH]c(=O)n1Cc1ccc(F)cc1. The maximum Gasteiger partial charge on any atom is 0.330 e. The Hall–Kier alpha value is -3.55. The zero-order valence-electron chi connectivity index (χ0n) is 14.2. The highest BCUT2D eigenvalue weighted by Gasteiger charge is 2.13. The molecular formula is C19H16FN3O4. The molecule has 1 aromatic heterocycles. The highest BCUT2D eigenvalue weighted by molar-refractivity contribution is 5.45. The maximum absolute atomic E-state index is 13.0. The maximum atomic E-state index is 13.0. The summed E-state index contributed by atoms with van der Waals surface area (Å²) in [7, 11) is 0. The van der Waals surface area contributed by atoms with Gasteiger partial charge in [0.05, 0.1) is 6.54 Å². The molecule has 7 nitrogen and oxygen atoms in total. The summed E-state index contributed by atoms with van der Waals surface area (Å²) in [5.74, 6) is 1.30. The van der Waals surface area contributed by atoms with E-state index in [1.807, 2.05) is 18.2 Å². The summed E-state index contributed by atoms with van der Waals surface area (Å²) in [6.07, 6.45) is 0. The highest BCUT2D eigenvalue weighted by Crippen LogP contribution is 2.32. The van der Waals surface area contributed by atoms with Gasteiger partial charge in [-0.3, -0.25) is 14.3 Å². The monoisotopic (exact) mass is 369 g/mol. The molecule has 0 aliphatic carbocycles. The fraction of sp³-hybridized carbons (Fsp3) is 0.158. The first-order valence-electron chi connectivity index (χ1n) is 8.29. The number of halogens is 1. The van der Waals surface area contributed by atoms with E-state index < -0.39 is 11.2 Å². The van der Waals surface area contributed by atoms with Crippen molar-refractivity contribution in [3.05, 3.63) is 86.3 Å². The fourth-order valence-corrected chi connectivity index (χ4v) is 2.79. The summed E-state index contributed by atoms with van der Waals surface area (Å²) in [6.45, 7) is 0.663. The van der Waals surface area contributed by atoms with Gasteiger partial charge in [-0.25, -0.2) is 9.18 Å². The van der Waals surface area contributed by atoms with Crippen molar-refractivity contribution >= 4 is 5.82 Å². The minimum absolute atomic E-state index is 0.0664. The second-order valence-electron chi connectivity index (χ2n) is 6.08. The Morgan fingerprint density at radius 3 is 2.52 bits per heavy atom. The van der Waals surface area contributed by atoms with E-state index in [0.29, 0.717) is 29.4 Å². The lowest BCUT2D eigenvalue weighted by Crippen LogP contribution is -2.35. The van der Waals surface area contributed by atoms with Crippen LogP contribution in [0.25, 0.3) is 0 Å². The van der Waals surface area contributed by atoms with E-state index in [-0.39, 0.29) is 19.2 Å². The van der Waals surface area contributed by atoms with Crippen molar-refractivity contribution in [3.8, 4) is 11.5 Å². The first-order chi connectivity index (χ1) is 13.1. The number of nitrogens with zero attached hydrogens (tertiary/aromatic N) is 1. The van der Waals surface area contributed by atoms with Gasteiger partial charge < -0.3 is 14.8 Å². The molecule has 2 N–H and O–H groups in total. The number of aromatic nitrogens is 2. The lowest BCUT2D eigenvalue weighted by molar-refractivity contribution is 0.174. The van der Waals surface area contributed by atoms with Crippen LogP contribution < -0.4 is 26.0 Å². The minimum atomic E-state index is -0.542. The Morgan fingerprint density at radius 1 is 1.00 bits per heavy atom. The van der Waals surface area contributed by atoms with Crippen molar-refractivity contribution in [2.75, 3.05) is 12.1 Å². The summed E-state index contributed by atoms with van der Waals surface area (Å²) < 4.78 is 24.6. The van der Waals surface area contributed by atoms with Crippen LogP contribution in [-0.4, -0.2) is 16.3 Å². The van der Waals surface area contributed by atoms with E-state index in [9.17, 15) is 14.0 Å². The molecule has 0 atom stereocenters. The number of rotatable bonds is 5. The number of hydrogen-bond acceptors (Lipinski definition) is 5. The standard InChI is InChI=1S/C19H16FN3O4/c20-14-4-1-12(2-5-14)10-23-18(24)8-17(22-19(23)25)21-9-13-3-6-15-16(7-13)27-11-26-15/h1-8,21H,9-11H2,(H,22,25). The molecule has 0 spiro atoms. The predicted molar refractivity (Wildman–Crippen MR) is 96.7 cm³/mol. The molecule has 0 radical (unpaired) electrons. The van der Waals surface area contributed by atoms with Crippen LogP contribution in [0, 0.1) is 5.82 Å². The van der Waals surface area contributed by atoms with Crippen LogP contribution in [-0.2, 0) is 13.1 Å². The minimum Gasteiger partial charge on any atom is -0.454 e. The number of nitrogens with one attached hydrogen (secondary N) is 2. The molecule has 1 aliphatic rings. The van der Waals surface area contributed by atoms with Gasteiger partial charge in [0.1, 0.15) is 11.6 Å². The summed E-state index contributed by atoms with van der Waals surface area (Å²) in [4.78, 5) is 27.2. The normalized spacial score (nSPS) is 12.2. The Morgan fingerprint density at radius 2 is 1.74 bits per heavy atom. The average molecular weight is 369 g/mol. The van der Waals surface area contributed by atoms with Crippen LogP contribution in [0.5, 0.6) is 11.5 Å². The van der Waals surface area contributed by atoms with Gasteiger partial charge in [0, 0.05) is 12.6 Å². The summed E-state index contributed by atoms with van der Waals surface area (Å²) in [5.41, 5.74) is 0.580. The van der Waals surface area contributed by atoms with Gasteiger partial charge in [-0.2, -0.15) is 0 Å². The van der Waals surface area contributed by atoms with Gasteiger partial charge in [-0.15, -0.1) is 0 Å². The van der Waals surface area contributed by atoms with Crippen LogP contribution in [0.2, 0.25) is 0 Å². The van der Waals surface area contributed by atoms with E-state index in [2.05, 4.69) is 10.3 Å². The third kappa shape index (κ3) is 3.69. The van der Waals surface area contributed by atoms with Gasteiger partial charge >= 0.3 is 5.69 Å². The molecule has 0 saturated carbocycles. The molecule has 27 heavy (non-hydrogen) atoms. The molecule has 138 valence electrons. The quantitative estimate of drug-likeness (QED) is 0.719.